The molecule has 0 saturated heterocycles. The van der Waals surface area contributed by atoms with Crippen LogP contribution >= 0.6 is 0 Å². The molecule has 1 atom stereocenters. The Morgan fingerprint density at radius 3 is 2.54 bits per heavy atom. The lowest BCUT2D eigenvalue weighted by Gasteiger charge is -2.33. The van der Waals surface area contributed by atoms with E-state index in [0.717, 1.165) is 0 Å². The molecule has 2 amide bonds. The number of fused-ring (bicyclic) bond motifs is 1. The molecule has 3 rings (SSSR count). The second-order valence-corrected chi connectivity index (χ2v) is 5.42. The quantitative estimate of drug-likeness (QED) is 0.941. The standard InChI is InChI=1S/C18H18N2O4/c1-12(21)20-11-17(24-16-6-4-3-5-15(16)20)18(22)19-13-7-9-14(23-2)10-8-13/h3-10,17H,11H2,1-2H3,(H,19,22)/t17-/m1/s1. The predicted octanol–water partition coefficient (Wildman–Crippen LogP) is 2.45. The maximum Gasteiger partial charge on any atom is 0.267 e. The van der Waals surface area contributed by atoms with Crippen LogP contribution in [0.5, 0.6) is 11.5 Å². The van der Waals surface area contributed by atoms with Gasteiger partial charge in [0, 0.05) is 12.6 Å². The van der Waals surface area contributed by atoms with Gasteiger partial charge in [-0.05, 0) is 36.4 Å². The molecular formula is C18H18N2O4. The number of rotatable bonds is 3. The zero-order chi connectivity index (χ0) is 17.1. The van der Waals surface area contributed by atoms with Crippen molar-refractivity contribution >= 4 is 23.2 Å². The van der Waals surface area contributed by atoms with Crippen LogP contribution in [0, 0.1) is 0 Å². The Bertz CT molecular complexity index is 758. The van der Waals surface area contributed by atoms with Gasteiger partial charge in [0.2, 0.25) is 5.91 Å². The maximum atomic E-state index is 12.5. The molecule has 6 heteroatoms. The normalized spacial score (nSPS) is 15.9. The second kappa shape index (κ2) is 6.62. The van der Waals surface area contributed by atoms with Crippen molar-refractivity contribution in [2.24, 2.45) is 0 Å². The van der Waals surface area contributed by atoms with Crippen molar-refractivity contribution in [1.82, 2.24) is 0 Å². The van der Waals surface area contributed by atoms with Gasteiger partial charge in [-0.1, -0.05) is 12.1 Å². The number of benzene rings is 2. The van der Waals surface area contributed by atoms with Crippen LogP contribution in [-0.2, 0) is 9.59 Å². The Balaban J connectivity index is 1.77. The van der Waals surface area contributed by atoms with E-state index < -0.39 is 6.10 Å². The molecule has 0 spiro atoms. The highest BCUT2D eigenvalue weighted by Gasteiger charge is 2.32. The number of amides is 2. The molecule has 0 fully saturated rings. The van der Waals surface area contributed by atoms with Gasteiger partial charge in [-0.15, -0.1) is 0 Å². The van der Waals surface area contributed by atoms with Gasteiger partial charge in [0.1, 0.15) is 11.5 Å². The zero-order valence-corrected chi connectivity index (χ0v) is 13.5. The van der Waals surface area contributed by atoms with Gasteiger partial charge < -0.3 is 19.7 Å². The molecule has 2 aromatic carbocycles. The van der Waals surface area contributed by atoms with Crippen LogP contribution in [0.1, 0.15) is 6.92 Å². The highest BCUT2D eigenvalue weighted by molar-refractivity contribution is 5.99. The molecule has 0 aromatic heterocycles. The molecule has 1 aliphatic rings. The van der Waals surface area contributed by atoms with Crippen molar-refractivity contribution < 1.29 is 19.1 Å². The molecule has 6 nitrogen and oxygen atoms in total. The van der Waals surface area contributed by atoms with E-state index in [1.165, 1.54) is 6.92 Å². The molecule has 2 aromatic rings. The summed E-state index contributed by atoms with van der Waals surface area (Å²) in [7, 11) is 1.58. The number of hydrogen-bond donors (Lipinski definition) is 1. The van der Waals surface area contributed by atoms with Crippen LogP contribution in [0.3, 0.4) is 0 Å². The van der Waals surface area contributed by atoms with E-state index in [1.807, 2.05) is 6.07 Å². The number of nitrogens with one attached hydrogen (secondary N) is 1. The van der Waals surface area contributed by atoms with Gasteiger partial charge in [-0.2, -0.15) is 0 Å². The third-order valence-electron chi connectivity index (χ3n) is 3.80. The van der Waals surface area contributed by atoms with Crippen LogP contribution < -0.4 is 19.7 Å². The fourth-order valence-corrected chi connectivity index (χ4v) is 2.57. The van der Waals surface area contributed by atoms with Crippen LogP contribution in [0.2, 0.25) is 0 Å². The van der Waals surface area contributed by atoms with Gasteiger partial charge >= 0.3 is 0 Å². The summed E-state index contributed by atoms with van der Waals surface area (Å²) in [5.74, 6) is 0.793. The van der Waals surface area contributed by atoms with E-state index in [1.54, 1.807) is 54.5 Å². The molecule has 0 radical (unpaired) electrons. The molecule has 0 bridgehead atoms. The predicted molar refractivity (Wildman–Crippen MR) is 90.5 cm³/mol. The molecule has 24 heavy (non-hydrogen) atoms. The lowest BCUT2D eigenvalue weighted by atomic mass is 10.1. The summed E-state index contributed by atoms with van der Waals surface area (Å²) < 4.78 is 10.8. The zero-order valence-electron chi connectivity index (χ0n) is 13.5. The van der Waals surface area contributed by atoms with Crippen LogP contribution in [0.4, 0.5) is 11.4 Å². The average molecular weight is 326 g/mol. The minimum atomic E-state index is -0.772. The molecule has 124 valence electrons. The second-order valence-electron chi connectivity index (χ2n) is 5.42. The minimum absolute atomic E-state index is 0.131. The van der Waals surface area contributed by atoms with Crippen LogP contribution in [0.15, 0.2) is 48.5 Å². The third-order valence-corrected chi connectivity index (χ3v) is 3.80. The molecule has 0 saturated carbocycles. The summed E-state index contributed by atoms with van der Waals surface area (Å²) in [4.78, 5) is 25.9. The minimum Gasteiger partial charge on any atom is -0.497 e. The van der Waals surface area contributed by atoms with Crippen molar-refractivity contribution in [3.05, 3.63) is 48.5 Å². The maximum absolute atomic E-state index is 12.5. The van der Waals surface area contributed by atoms with Gasteiger partial charge in [0.25, 0.3) is 5.91 Å². The molecular weight excluding hydrogens is 308 g/mol. The smallest absolute Gasteiger partial charge is 0.267 e. The number of para-hydroxylation sites is 2. The lowest BCUT2D eigenvalue weighted by molar-refractivity contribution is -0.123. The van der Waals surface area contributed by atoms with Gasteiger partial charge in [0.15, 0.2) is 6.10 Å². The summed E-state index contributed by atoms with van der Waals surface area (Å²) in [6, 6.07) is 14.2. The third kappa shape index (κ3) is 3.17. The molecule has 1 heterocycles. The molecule has 1 aliphatic heterocycles. The number of hydrogen-bond acceptors (Lipinski definition) is 4. The summed E-state index contributed by atoms with van der Waals surface area (Å²) in [5.41, 5.74) is 1.32. The highest BCUT2D eigenvalue weighted by atomic mass is 16.5. The lowest BCUT2D eigenvalue weighted by Crippen LogP contribution is -2.48. The Hall–Kier alpha value is -3.02. The number of ether oxygens (including phenoxy) is 2. The van der Waals surface area contributed by atoms with Gasteiger partial charge in [0.05, 0.1) is 19.3 Å². The van der Waals surface area contributed by atoms with Crippen molar-refractivity contribution in [3.63, 3.8) is 0 Å². The first-order valence-electron chi connectivity index (χ1n) is 7.57. The van der Waals surface area contributed by atoms with Crippen molar-refractivity contribution in [3.8, 4) is 11.5 Å². The topological polar surface area (TPSA) is 67.9 Å². The fraction of sp³-hybridized carbons (Fsp3) is 0.222. The number of carbonyl (C=O) groups excluding carboxylic acids is 2. The van der Waals surface area contributed by atoms with Gasteiger partial charge in [-0.25, -0.2) is 0 Å². The van der Waals surface area contributed by atoms with Crippen molar-refractivity contribution in [1.29, 1.82) is 0 Å². The first-order chi connectivity index (χ1) is 11.6. The number of methoxy groups -OCH3 is 1. The highest BCUT2D eigenvalue weighted by Crippen LogP contribution is 2.33. The largest absolute Gasteiger partial charge is 0.497 e. The SMILES string of the molecule is COc1ccc(NC(=O)[C@H]2CN(C(C)=O)c3ccccc3O2)cc1. The Labute approximate surface area is 140 Å². The van der Waals surface area contributed by atoms with Crippen LogP contribution in [-0.4, -0.2) is 31.6 Å². The first-order valence-corrected chi connectivity index (χ1v) is 7.57. The van der Waals surface area contributed by atoms with E-state index in [2.05, 4.69) is 5.32 Å². The first kappa shape index (κ1) is 15.9. The average Bonchev–Trinajstić information content (AvgIpc) is 2.61. The number of anilines is 2. The van der Waals surface area contributed by atoms with Crippen molar-refractivity contribution in [2.45, 2.75) is 13.0 Å². The Kier molecular flexibility index (Phi) is 4.37. The Morgan fingerprint density at radius 1 is 1.17 bits per heavy atom. The van der Waals surface area contributed by atoms with E-state index in [0.29, 0.717) is 22.9 Å². The van der Waals surface area contributed by atoms with E-state index in [-0.39, 0.29) is 18.4 Å². The molecule has 0 aliphatic carbocycles. The Morgan fingerprint density at radius 2 is 1.88 bits per heavy atom. The van der Waals surface area contributed by atoms with Crippen molar-refractivity contribution in [2.75, 3.05) is 23.9 Å². The molecule has 0 unspecified atom stereocenters. The summed E-state index contributed by atoms with van der Waals surface area (Å²) in [6.45, 7) is 1.65. The van der Waals surface area contributed by atoms with Gasteiger partial charge in [-0.3, -0.25) is 9.59 Å². The van der Waals surface area contributed by atoms with E-state index in [9.17, 15) is 9.59 Å². The summed E-state index contributed by atoms with van der Waals surface area (Å²) >= 11 is 0. The number of carbonyl (C=O) groups is 2. The van der Waals surface area contributed by atoms with Crippen LogP contribution in [0.25, 0.3) is 0 Å². The monoisotopic (exact) mass is 326 g/mol. The fourth-order valence-electron chi connectivity index (χ4n) is 2.57. The molecule has 1 N–H and O–H groups in total. The van der Waals surface area contributed by atoms with E-state index in [4.69, 9.17) is 9.47 Å². The van der Waals surface area contributed by atoms with E-state index >= 15 is 0 Å². The summed E-state index contributed by atoms with van der Waals surface area (Å²) in [6.07, 6.45) is -0.772. The summed E-state index contributed by atoms with van der Waals surface area (Å²) in [5, 5.41) is 2.80. The number of nitrogens with zero attached hydrogens (tertiary/aromatic N) is 1.